The Bertz CT molecular complexity index is 478. The van der Waals surface area contributed by atoms with Crippen LogP contribution in [0.25, 0.3) is 0 Å². The number of hydrogen-bond acceptors (Lipinski definition) is 2. The van der Waals surface area contributed by atoms with Gasteiger partial charge in [0.2, 0.25) is 0 Å². The Balaban J connectivity index is 2.05. The van der Waals surface area contributed by atoms with Crippen LogP contribution in [0.4, 0.5) is 0 Å². The standard InChI is InChI=1S/C19H27NS/c1-3-14-20-19(13-12-17-11-8-15-21-17)18(4-2)16-9-6-5-7-10-16/h5-11,15,18-20H,3-4,12-14H2,1-2H3. The minimum Gasteiger partial charge on any atom is -0.313 e. The van der Waals surface area contributed by atoms with Gasteiger partial charge in [0.25, 0.3) is 0 Å². The molecule has 1 nitrogen and oxygen atoms in total. The van der Waals surface area contributed by atoms with Crippen LogP contribution in [-0.2, 0) is 6.42 Å². The lowest BCUT2D eigenvalue weighted by Crippen LogP contribution is -2.35. The van der Waals surface area contributed by atoms with Crippen molar-refractivity contribution in [1.82, 2.24) is 5.32 Å². The molecule has 114 valence electrons. The molecule has 0 spiro atoms. The molecule has 0 aliphatic heterocycles. The van der Waals surface area contributed by atoms with Gasteiger partial charge in [-0.25, -0.2) is 0 Å². The molecule has 1 aromatic heterocycles. The van der Waals surface area contributed by atoms with E-state index in [1.807, 2.05) is 11.3 Å². The molecule has 2 heteroatoms. The summed E-state index contributed by atoms with van der Waals surface area (Å²) in [6.07, 6.45) is 4.78. The molecule has 2 rings (SSSR count). The average Bonchev–Trinajstić information content (AvgIpc) is 3.04. The monoisotopic (exact) mass is 301 g/mol. The number of benzene rings is 1. The molecule has 2 aromatic rings. The number of thiophene rings is 1. The lowest BCUT2D eigenvalue weighted by atomic mass is 9.86. The van der Waals surface area contributed by atoms with Gasteiger partial charge >= 0.3 is 0 Å². The number of rotatable bonds is 9. The predicted octanol–water partition coefficient (Wildman–Crippen LogP) is 5.24. The van der Waals surface area contributed by atoms with Crippen molar-refractivity contribution in [2.45, 2.75) is 51.5 Å². The summed E-state index contributed by atoms with van der Waals surface area (Å²) in [4.78, 5) is 1.50. The first-order valence-electron chi connectivity index (χ1n) is 8.15. The Labute approximate surface area is 133 Å². The van der Waals surface area contributed by atoms with Crippen LogP contribution in [0.15, 0.2) is 47.8 Å². The van der Waals surface area contributed by atoms with Gasteiger partial charge in [0.1, 0.15) is 0 Å². The zero-order chi connectivity index (χ0) is 14.9. The topological polar surface area (TPSA) is 12.0 Å². The van der Waals surface area contributed by atoms with Gasteiger partial charge in [0.05, 0.1) is 0 Å². The van der Waals surface area contributed by atoms with E-state index in [1.165, 1.54) is 36.1 Å². The summed E-state index contributed by atoms with van der Waals surface area (Å²) in [5, 5.41) is 5.96. The van der Waals surface area contributed by atoms with Gasteiger partial charge in [0, 0.05) is 10.9 Å². The van der Waals surface area contributed by atoms with Gasteiger partial charge in [-0.2, -0.15) is 0 Å². The molecular weight excluding hydrogens is 274 g/mol. The molecular formula is C19H27NS. The summed E-state index contributed by atoms with van der Waals surface area (Å²) in [6, 6.07) is 16.0. The van der Waals surface area contributed by atoms with Gasteiger partial charge < -0.3 is 5.32 Å². The predicted molar refractivity (Wildman–Crippen MR) is 94.2 cm³/mol. The van der Waals surface area contributed by atoms with E-state index in [9.17, 15) is 0 Å². The molecule has 1 aromatic carbocycles. The lowest BCUT2D eigenvalue weighted by Gasteiger charge is -2.28. The van der Waals surface area contributed by atoms with Gasteiger partial charge in [-0.05, 0) is 55.2 Å². The van der Waals surface area contributed by atoms with E-state index in [1.54, 1.807) is 0 Å². The lowest BCUT2D eigenvalue weighted by molar-refractivity contribution is 0.400. The van der Waals surface area contributed by atoms with Crippen LogP contribution in [0.1, 0.15) is 49.5 Å². The molecule has 0 amide bonds. The van der Waals surface area contributed by atoms with Gasteiger partial charge in [-0.3, -0.25) is 0 Å². The molecule has 2 atom stereocenters. The summed E-state index contributed by atoms with van der Waals surface area (Å²) in [5.41, 5.74) is 1.47. The number of nitrogens with one attached hydrogen (secondary N) is 1. The molecule has 0 aliphatic carbocycles. The second-order valence-corrected chi connectivity index (χ2v) is 6.64. The summed E-state index contributed by atoms with van der Waals surface area (Å²) in [6.45, 7) is 5.66. The highest BCUT2D eigenvalue weighted by atomic mass is 32.1. The van der Waals surface area contributed by atoms with Crippen LogP contribution >= 0.6 is 11.3 Å². The summed E-state index contributed by atoms with van der Waals surface area (Å²) in [5.74, 6) is 0.609. The quantitative estimate of drug-likeness (QED) is 0.667. The maximum atomic E-state index is 3.79. The molecule has 0 bridgehead atoms. The van der Waals surface area contributed by atoms with E-state index in [0.717, 1.165) is 6.54 Å². The van der Waals surface area contributed by atoms with Crippen molar-refractivity contribution in [3.63, 3.8) is 0 Å². The van der Waals surface area contributed by atoms with Gasteiger partial charge in [-0.1, -0.05) is 50.2 Å². The number of aryl methyl sites for hydroxylation is 1. The van der Waals surface area contributed by atoms with Crippen LogP contribution in [0.5, 0.6) is 0 Å². The SMILES string of the molecule is CCCNC(CCc1cccs1)C(CC)c1ccccc1. The summed E-state index contributed by atoms with van der Waals surface area (Å²) >= 11 is 1.88. The highest BCUT2D eigenvalue weighted by Gasteiger charge is 2.20. The second kappa shape index (κ2) is 9.01. The fraction of sp³-hybridized carbons (Fsp3) is 0.474. The Morgan fingerprint density at radius 2 is 1.86 bits per heavy atom. The van der Waals surface area contributed by atoms with E-state index in [2.05, 4.69) is 67.0 Å². The van der Waals surface area contributed by atoms with Crippen molar-refractivity contribution in [3.05, 3.63) is 58.3 Å². The smallest absolute Gasteiger partial charge is 0.0139 e. The van der Waals surface area contributed by atoms with Crippen molar-refractivity contribution in [1.29, 1.82) is 0 Å². The van der Waals surface area contributed by atoms with Crippen molar-refractivity contribution < 1.29 is 0 Å². The normalized spacial score (nSPS) is 14.0. The molecule has 21 heavy (non-hydrogen) atoms. The van der Waals surface area contributed by atoms with Crippen LogP contribution < -0.4 is 5.32 Å². The first kappa shape index (κ1) is 16.3. The molecule has 1 N–H and O–H groups in total. The highest BCUT2D eigenvalue weighted by molar-refractivity contribution is 7.09. The zero-order valence-corrected chi connectivity index (χ0v) is 14.0. The summed E-state index contributed by atoms with van der Waals surface area (Å²) < 4.78 is 0. The molecule has 1 heterocycles. The van der Waals surface area contributed by atoms with Crippen molar-refractivity contribution >= 4 is 11.3 Å². The van der Waals surface area contributed by atoms with Crippen LogP contribution in [0, 0.1) is 0 Å². The summed E-state index contributed by atoms with van der Waals surface area (Å²) in [7, 11) is 0. The molecule has 0 radical (unpaired) electrons. The van der Waals surface area contributed by atoms with E-state index in [4.69, 9.17) is 0 Å². The Kier molecular flexibility index (Phi) is 6.98. The minimum atomic E-state index is 0.569. The van der Waals surface area contributed by atoms with Crippen LogP contribution in [0.2, 0.25) is 0 Å². The first-order valence-corrected chi connectivity index (χ1v) is 9.03. The van der Waals surface area contributed by atoms with Gasteiger partial charge in [-0.15, -0.1) is 11.3 Å². The molecule has 0 saturated carbocycles. The van der Waals surface area contributed by atoms with E-state index in [-0.39, 0.29) is 0 Å². The van der Waals surface area contributed by atoms with Crippen molar-refractivity contribution in [2.24, 2.45) is 0 Å². The fourth-order valence-electron chi connectivity index (χ4n) is 2.98. The fourth-order valence-corrected chi connectivity index (χ4v) is 3.71. The Morgan fingerprint density at radius 3 is 2.48 bits per heavy atom. The van der Waals surface area contributed by atoms with Gasteiger partial charge in [0.15, 0.2) is 0 Å². The van der Waals surface area contributed by atoms with Crippen LogP contribution in [-0.4, -0.2) is 12.6 Å². The largest absolute Gasteiger partial charge is 0.313 e. The van der Waals surface area contributed by atoms with E-state index >= 15 is 0 Å². The molecule has 0 fully saturated rings. The van der Waals surface area contributed by atoms with E-state index < -0.39 is 0 Å². The second-order valence-electron chi connectivity index (χ2n) is 5.60. The Hall–Kier alpha value is -1.12. The minimum absolute atomic E-state index is 0.569. The maximum absolute atomic E-state index is 3.79. The third kappa shape index (κ3) is 4.98. The average molecular weight is 301 g/mol. The maximum Gasteiger partial charge on any atom is 0.0139 e. The zero-order valence-electron chi connectivity index (χ0n) is 13.2. The molecule has 0 saturated heterocycles. The highest BCUT2D eigenvalue weighted by Crippen LogP contribution is 2.26. The van der Waals surface area contributed by atoms with Crippen LogP contribution in [0.3, 0.4) is 0 Å². The third-order valence-electron chi connectivity index (χ3n) is 4.09. The first-order chi connectivity index (χ1) is 10.3. The third-order valence-corrected chi connectivity index (χ3v) is 5.03. The molecule has 2 unspecified atom stereocenters. The number of hydrogen-bond donors (Lipinski definition) is 1. The van der Waals surface area contributed by atoms with E-state index in [0.29, 0.717) is 12.0 Å². The Morgan fingerprint density at radius 1 is 1.05 bits per heavy atom. The van der Waals surface area contributed by atoms with Crippen molar-refractivity contribution in [2.75, 3.05) is 6.54 Å². The van der Waals surface area contributed by atoms with Crippen molar-refractivity contribution in [3.8, 4) is 0 Å². The molecule has 0 aliphatic rings.